The van der Waals surface area contributed by atoms with Gasteiger partial charge in [-0.05, 0) is 37.1 Å². The number of carbonyl (C=O) groups excluding carboxylic acids is 2. The highest BCUT2D eigenvalue weighted by Gasteiger charge is 2.19. The number of nitrogens with zero attached hydrogens (tertiary/aromatic N) is 1. The second kappa shape index (κ2) is 9.75. The molecule has 0 bridgehead atoms. The minimum atomic E-state index is -1.19. The van der Waals surface area contributed by atoms with Crippen LogP contribution in [0.15, 0.2) is 29.3 Å². The van der Waals surface area contributed by atoms with E-state index in [1.54, 1.807) is 0 Å². The van der Waals surface area contributed by atoms with Crippen molar-refractivity contribution in [1.82, 2.24) is 10.6 Å². The van der Waals surface area contributed by atoms with Gasteiger partial charge in [-0.15, -0.1) is 0 Å². The lowest BCUT2D eigenvalue weighted by Gasteiger charge is -2.14. The van der Waals surface area contributed by atoms with Gasteiger partial charge in [0.1, 0.15) is 11.8 Å². The molecule has 2 amide bonds. The summed E-state index contributed by atoms with van der Waals surface area (Å²) < 4.78 is 0. The Bertz CT molecular complexity index is 640. The maximum atomic E-state index is 11.8. The van der Waals surface area contributed by atoms with E-state index in [0.717, 1.165) is 0 Å². The number of aliphatic carboxylic acids is 1. The van der Waals surface area contributed by atoms with Gasteiger partial charge in [-0.1, -0.05) is 0 Å². The fourth-order valence-electron chi connectivity index (χ4n) is 1.88. The number of carboxylic acid groups (broad SMARTS) is 1. The van der Waals surface area contributed by atoms with Crippen LogP contribution in [-0.2, 0) is 9.59 Å². The summed E-state index contributed by atoms with van der Waals surface area (Å²) in [5.41, 5.74) is 10.6. The Labute approximate surface area is 143 Å². The number of nitrogens with one attached hydrogen (secondary N) is 2. The summed E-state index contributed by atoms with van der Waals surface area (Å²) in [4.78, 5) is 38.5. The molecular formula is C15H21N5O5. The minimum Gasteiger partial charge on any atom is -0.508 e. The highest BCUT2D eigenvalue weighted by Crippen LogP contribution is 2.09. The molecule has 1 aromatic carbocycles. The normalized spacial score (nSPS) is 11.2. The molecule has 0 saturated carbocycles. The molecule has 0 spiro atoms. The smallest absolute Gasteiger partial charge is 0.326 e. The highest BCUT2D eigenvalue weighted by molar-refractivity contribution is 5.96. The molecule has 10 nitrogen and oxygen atoms in total. The number of hydrogen-bond donors (Lipinski definition) is 6. The number of benzene rings is 1. The van der Waals surface area contributed by atoms with Crippen LogP contribution in [0.2, 0.25) is 0 Å². The molecule has 1 atom stereocenters. The van der Waals surface area contributed by atoms with Gasteiger partial charge in [-0.3, -0.25) is 14.6 Å². The van der Waals surface area contributed by atoms with Crippen molar-refractivity contribution in [3.63, 3.8) is 0 Å². The van der Waals surface area contributed by atoms with Crippen LogP contribution in [0.5, 0.6) is 5.75 Å². The molecule has 0 heterocycles. The molecule has 1 rings (SSSR count). The third kappa shape index (κ3) is 7.68. The van der Waals surface area contributed by atoms with Gasteiger partial charge < -0.3 is 32.3 Å². The number of phenols is 1. The molecule has 0 radical (unpaired) electrons. The summed E-state index contributed by atoms with van der Waals surface area (Å²) >= 11 is 0. The molecule has 0 aliphatic heterocycles. The quantitative estimate of drug-likeness (QED) is 0.182. The van der Waals surface area contributed by atoms with E-state index < -0.39 is 23.8 Å². The molecule has 0 fully saturated rings. The average Bonchev–Trinajstić information content (AvgIpc) is 2.55. The Balaban J connectivity index is 2.43. The van der Waals surface area contributed by atoms with Gasteiger partial charge in [0.2, 0.25) is 5.91 Å². The molecule has 0 aliphatic rings. The van der Waals surface area contributed by atoms with Crippen LogP contribution in [0.4, 0.5) is 0 Å². The first-order valence-corrected chi connectivity index (χ1v) is 7.44. The Morgan fingerprint density at radius 1 is 1.16 bits per heavy atom. The number of aromatic hydroxyl groups is 1. The fraction of sp³-hybridized carbons (Fsp3) is 0.333. The zero-order chi connectivity index (χ0) is 18.8. The van der Waals surface area contributed by atoms with E-state index in [2.05, 4.69) is 15.6 Å². The van der Waals surface area contributed by atoms with Crippen molar-refractivity contribution < 1.29 is 24.6 Å². The maximum Gasteiger partial charge on any atom is 0.326 e. The van der Waals surface area contributed by atoms with E-state index in [0.29, 0.717) is 6.42 Å². The number of carbonyl (C=O) groups is 3. The molecule has 0 unspecified atom stereocenters. The van der Waals surface area contributed by atoms with E-state index >= 15 is 0 Å². The largest absolute Gasteiger partial charge is 0.508 e. The van der Waals surface area contributed by atoms with Crippen LogP contribution in [0.1, 0.15) is 23.2 Å². The first-order chi connectivity index (χ1) is 11.8. The Kier molecular flexibility index (Phi) is 7.70. The Morgan fingerprint density at radius 2 is 1.80 bits per heavy atom. The third-order valence-electron chi connectivity index (χ3n) is 3.12. The molecule has 0 aliphatic carbocycles. The van der Waals surface area contributed by atoms with Gasteiger partial charge in [0.15, 0.2) is 5.96 Å². The maximum absolute atomic E-state index is 11.8. The SMILES string of the molecule is NC(N)=NCCC[C@H](NC(=O)CNC(=O)c1ccc(O)cc1)C(=O)O. The predicted octanol–water partition coefficient (Wildman–Crippen LogP) is -1.25. The number of amides is 2. The summed E-state index contributed by atoms with van der Waals surface area (Å²) in [6, 6.07) is 4.36. The van der Waals surface area contributed by atoms with Crippen molar-refractivity contribution in [2.75, 3.05) is 13.1 Å². The van der Waals surface area contributed by atoms with Crippen LogP contribution in [0.3, 0.4) is 0 Å². The number of guanidine groups is 1. The lowest BCUT2D eigenvalue weighted by Crippen LogP contribution is -2.45. The molecule has 0 saturated heterocycles. The van der Waals surface area contributed by atoms with Crippen LogP contribution in [0.25, 0.3) is 0 Å². The van der Waals surface area contributed by atoms with E-state index in [4.69, 9.17) is 21.7 Å². The van der Waals surface area contributed by atoms with Gasteiger partial charge in [0, 0.05) is 12.1 Å². The fourth-order valence-corrected chi connectivity index (χ4v) is 1.88. The van der Waals surface area contributed by atoms with Gasteiger partial charge in [-0.2, -0.15) is 0 Å². The number of nitrogens with two attached hydrogens (primary N) is 2. The van der Waals surface area contributed by atoms with Gasteiger partial charge >= 0.3 is 5.97 Å². The lowest BCUT2D eigenvalue weighted by molar-refractivity contribution is -0.141. The van der Waals surface area contributed by atoms with E-state index in [1.807, 2.05) is 0 Å². The van der Waals surface area contributed by atoms with Crippen LogP contribution >= 0.6 is 0 Å². The number of hydrogen-bond acceptors (Lipinski definition) is 5. The standard InChI is InChI=1S/C15H21N5O5/c16-15(17)18-7-1-2-11(14(24)25)20-12(22)8-19-13(23)9-3-5-10(21)6-4-9/h3-6,11,21H,1-2,7-8H2,(H,19,23)(H,20,22)(H,24,25)(H4,16,17,18)/t11-/m0/s1. The molecule has 10 heteroatoms. The number of carboxylic acids is 1. The van der Waals surface area contributed by atoms with Gasteiger partial charge in [0.25, 0.3) is 5.91 Å². The second-order valence-corrected chi connectivity index (χ2v) is 5.14. The molecule has 25 heavy (non-hydrogen) atoms. The number of rotatable bonds is 9. The first kappa shape index (κ1) is 19.7. The summed E-state index contributed by atoms with van der Waals surface area (Å²) in [6.45, 7) is -0.128. The van der Waals surface area contributed by atoms with Crippen molar-refractivity contribution in [2.24, 2.45) is 16.5 Å². The number of phenolic OH excluding ortho intramolecular Hbond substituents is 1. The summed E-state index contributed by atoms with van der Waals surface area (Å²) in [6.07, 6.45) is 0.513. The summed E-state index contributed by atoms with van der Waals surface area (Å²) in [7, 11) is 0. The predicted molar refractivity (Wildman–Crippen MR) is 89.9 cm³/mol. The number of aliphatic imine (C=N–C) groups is 1. The second-order valence-electron chi connectivity index (χ2n) is 5.14. The molecule has 8 N–H and O–H groups in total. The van der Waals surface area contributed by atoms with Crippen molar-refractivity contribution >= 4 is 23.7 Å². The molecule has 136 valence electrons. The zero-order valence-electron chi connectivity index (χ0n) is 13.4. The highest BCUT2D eigenvalue weighted by atomic mass is 16.4. The van der Waals surface area contributed by atoms with E-state index in [1.165, 1.54) is 24.3 Å². The van der Waals surface area contributed by atoms with Crippen LogP contribution in [0, 0.1) is 0 Å². The molecular weight excluding hydrogens is 330 g/mol. The van der Waals surface area contributed by atoms with E-state index in [-0.39, 0.29) is 36.8 Å². The summed E-state index contributed by atoms with van der Waals surface area (Å²) in [5, 5.41) is 22.9. The van der Waals surface area contributed by atoms with Crippen molar-refractivity contribution in [1.29, 1.82) is 0 Å². The summed E-state index contributed by atoms with van der Waals surface area (Å²) in [5.74, 6) is -2.42. The Morgan fingerprint density at radius 3 is 2.36 bits per heavy atom. The minimum absolute atomic E-state index is 0.0133. The third-order valence-corrected chi connectivity index (χ3v) is 3.12. The monoisotopic (exact) mass is 351 g/mol. The Hall–Kier alpha value is -3.30. The zero-order valence-corrected chi connectivity index (χ0v) is 13.4. The van der Waals surface area contributed by atoms with Crippen molar-refractivity contribution in [2.45, 2.75) is 18.9 Å². The van der Waals surface area contributed by atoms with Crippen molar-refractivity contribution in [3.8, 4) is 5.75 Å². The van der Waals surface area contributed by atoms with Crippen molar-refractivity contribution in [3.05, 3.63) is 29.8 Å². The first-order valence-electron chi connectivity index (χ1n) is 7.44. The van der Waals surface area contributed by atoms with Crippen LogP contribution in [-0.4, -0.2) is 53.1 Å². The molecule has 1 aromatic rings. The van der Waals surface area contributed by atoms with E-state index in [9.17, 15) is 14.4 Å². The lowest BCUT2D eigenvalue weighted by atomic mass is 10.1. The average molecular weight is 351 g/mol. The molecule has 0 aromatic heterocycles. The van der Waals surface area contributed by atoms with Gasteiger partial charge in [0.05, 0.1) is 6.54 Å². The topological polar surface area (TPSA) is 180 Å². The van der Waals surface area contributed by atoms with Crippen LogP contribution < -0.4 is 22.1 Å². The van der Waals surface area contributed by atoms with Gasteiger partial charge in [-0.25, -0.2) is 4.79 Å².